The van der Waals surface area contributed by atoms with E-state index in [0.717, 1.165) is 11.1 Å². The number of hydrogen-bond acceptors (Lipinski definition) is 4. The first-order valence-corrected chi connectivity index (χ1v) is 12.0. The van der Waals surface area contributed by atoms with E-state index in [1.807, 2.05) is 32.1 Å². The fourth-order valence-corrected chi connectivity index (χ4v) is 4.94. The van der Waals surface area contributed by atoms with Gasteiger partial charge in [0.15, 0.2) is 9.84 Å². The van der Waals surface area contributed by atoms with Crippen LogP contribution < -0.4 is 4.74 Å². The van der Waals surface area contributed by atoms with Gasteiger partial charge in [-0.05, 0) is 60.7 Å². The van der Waals surface area contributed by atoms with E-state index in [1.54, 1.807) is 24.3 Å². The van der Waals surface area contributed by atoms with Crippen molar-refractivity contribution in [2.75, 3.05) is 12.4 Å². The van der Waals surface area contributed by atoms with Crippen LogP contribution in [0.15, 0.2) is 66.1 Å². The Balaban J connectivity index is 2.13. The maximum Gasteiger partial charge on any atom is 0.307 e. The first kappa shape index (κ1) is 24.7. The monoisotopic (exact) mass is 462 g/mol. The smallest absolute Gasteiger partial charge is 0.307 e. The van der Waals surface area contributed by atoms with Crippen LogP contribution in [0.3, 0.4) is 0 Å². The number of rotatable bonds is 11. The molecule has 1 unspecified atom stereocenters. The van der Waals surface area contributed by atoms with Crippen LogP contribution in [-0.4, -0.2) is 31.9 Å². The second-order valence-electron chi connectivity index (χ2n) is 7.20. The quantitative estimate of drug-likeness (QED) is 0.450. The Morgan fingerprint density at radius 3 is 2.61 bits per heavy atom. The molecule has 0 bridgehead atoms. The highest BCUT2D eigenvalue weighted by Crippen LogP contribution is 2.30. The molecule has 2 aromatic rings. The highest BCUT2D eigenvalue weighted by Gasteiger charge is 2.17. The van der Waals surface area contributed by atoms with Crippen LogP contribution in [0.1, 0.15) is 31.4 Å². The van der Waals surface area contributed by atoms with Gasteiger partial charge in [-0.15, -0.1) is 0 Å². The second kappa shape index (κ2) is 11.2. The third kappa shape index (κ3) is 7.26. The Bertz CT molecular complexity index is 1070. The van der Waals surface area contributed by atoms with Crippen molar-refractivity contribution in [2.45, 2.75) is 31.6 Å². The molecule has 5 nitrogen and oxygen atoms in total. The van der Waals surface area contributed by atoms with Crippen molar-refractivity contribution >= 4 is 33.0 Å². The van der Waals surface area contributed by atoms with Gasteiger partial charge in [-0.1, -0.05) is 49.4 Å². The maximum atomic E-state index is 12.7. The van der Waals surface area contributed by atoms with Crippen LogP contribution in [0, 0.1) is 5.92 Å². The third-order valence-corrected chi connectivity index (χ3v) is 6.76. The van der Waals surface area contributed by atoms with Gasteiger partial charge in [0.2, 0.25) is 0 Å². The summed E-state index contributed by atoms with van der Waals surface area (Å²) in [5, 5.41) is 9.45. The summed E-state index contributed by atoms with van der Waals surface area (Å²) in [5.41, 5.74) is 2.08. The van der Waals surface area contributed by atoms with Crippen molar-refractivity contribution in [3.8, 4) is 5.75 Å². The van der Waals surface area contributed by atoms with Gasteiger partial charge >= 0.3 is 5.97 Å². The van der Waals surface area contributed by atoms with Gasteiger partial charge in [-0.3, -0.25) is 4.79 Å². The third-order valence-electron chi connectivity index (χ3n) is 4.70. The van der Waals surface area contributed by atoms with Gasteiger partial charge in [-0.25, -0.2) is 8.42 Å². The van der Waals surface area contributed by atoms with Gasteiger partial charge in [-0.2, -0.15) is 0 Å². The van der Waals surface area contributed by atoms with E-state index in [1.165, 1.54) is 12.1 Å². The van der Waals surface area contributed by atoms with Crippen LogP contribution >= 0.6 is 11.6 Å². The molecule has 7 heteroatoms. The first-order valence-electron chi connectivity index (χ1n) is 9.96. The number of carboxylic acids is 1. The summed E-state index contributed by atoms with van der Waals surface area (Å²) in [7, 11) is -3.53. The largest absolute Gasteiger partial charge is 0.494 e. The zero-order valence-electron chi connectivity index (χ0n) is 17.7. The minimum atomic E-state index is -3.53. The average Bonchev–Trinajstić information content (AvgIpc) is 2.71. The summed E-state index contributed by atoms with van der Waals surface area (Å²) >= 11 is 6.40. The molecule has 0 spiro atoms. The minimum Gasteiger partial charge on any atom is -0.494 e. The Labute approximate surface area is 188 Å². The Morgan fingerprint density at radius 2 is 2.00 bits per heavy atom. The number of sulfone groups is 1. The second-order valence-corrected chi connectivity index (χ2v) is 9.72. The summed E-state index contributed by atoms with van der Waals surface area (Å²) in [4.78, 5) is 11.0. The van der Waals surface area contributed by atoms with Crippen molar-refractivity contribution in [3.63, 3.8) is 0 Å². The average molecular weight is 463 g/mol. The van der Waals surface area contributed by atoms with E-state index in [4.69, 9.17) is 21.4 Å². The van der Waals surface area contributed by atoms with Gasteiger partial charge in [0.25, 0.3) is 0 Å². The molecule has 0 fully saturated rings. The number of aliphatic carboxylic acids is 1. The molecular formula is C24H27ClO5S. The summed E-state index contributed by atoms with van der Waals surface area (Å²) in [5.74, 6) is -0.419. The van der Waals surface area contributed by atoms with Gasteiger partial charge < -0.3 is 9.84 Å². The van der Waals surface area contributed by atoms with E-state index in [2.05, 4.69) is 6.58 Å². The first-order chi connectivity index (χ1) is 14.7. The van der Waals surface area contributed by atoms with Crippen LogP contribution in [-0.2, 0) is 21.1 Å². The van der Waals surface area contributed by atoms with E-state index in [-0.39, 0.29) is 23.0 Å². The number of benzene rings is 2. The van der Waals surface area contributed by atoms with Crippen LogP contribution in [0.4, 0.5) is 0 Å². The number of carbonyl (C=O) groups is 1. The number of halogens is 1. The van der Waals surface area contributed by atoms with Crippen LogP contribution in [0.25, 0.3) is 5.57 Å². The molecule has 0 aliphatic carbocycles. The molecule has 1 atom stereocenters. The van der Waals surface area contributed by atoms with E-state index < -0.39 is 15.8 Å². The highest BCUT2D eigenvalue weighted by molar-refractivity contribution is 7.91. The van der Waals surface area contributed by atoms with Gasteiger partial charge in [0.1, 0.15) is 5.75 Å². The Morgan fingerprint density at radius 1 is 1.26 bits per heavy atom. The molecule has 0 radical (unpaired) electrons. The molecular weight excluding hydrogens is 436 g/mol. The molecule has 2 aromatic carbocycles. The lowest BCUT2D eigenvalue weighted by atomic mass is 9.99. The highest BCUT2D eigenvalue weighted by atomic mass is 35.5. The molecule has 31 heavy (non-hydrogen) atoms. The zero-order chi connectivity index (χ0) is 23.0. The maximum absolute atomic E-state index is 12.7. The number of carboxylic acid groups (broad SMARTS) is 1. The van der Waals surface area contributed by atoms with E-state index in [0.29, 0.717) is 29.4 Å². The molecule has 0 heterocycles. The van der Waals surface area contributed by atoms with Gasteiger partial charge in [0.05, 0.1) is 28.7 Å². The predicted molar refractivity (Wildman–Crippen MR) is 124 cm³/mol. The number of hydrogen-bond donors (Lipinski definition) is 1. The number of allylic oxidation sites excluding steroid dienone is 3. The minimum absolute atomic E-state index is 0.0485. The molecule has 0 amide bonds. The molecule has 1 N–H and O–H groups in total. The fraction of sp³-hybridized carbons (Fsp3) is 0.292. The molecule has 166 valence electrons. The zero-order valence-corrected chi connectivity index (χ0v) is 19.2. The van der Waals surface area contributed by atoms with Crippen molar-refractivity contribution in [1.29, 1.82) is 0 Å². The van der Waals surface area contributed by atoms with Crippen molar-refractivity contribution < 1.29 is 23.1 Å². The van der Waals surface area contributed by atoms with Gasteiger partial charge in [0, 0.05) is 5.56 Å². The van der Waals surface area contributed by atoms with Crippen molar-refractivity contribution in [1.82, 2.24) is 0 Å². The topological polar surface area (TPSA) is 80.7 Å². The molecule has 0 aliphatic heterocycles. The predicted octanol–water partition coefficient (Wildman–Crippen LogP) is 5.44. The molecule has 2 rings (SSSR count). The van der Waals surface area contributed by atoms with Crippen LogP contribution in [0.2, 0.25) is 5.02 Å². The van der Waals surface area contributed by atoms with E-state index >= 15 is 0 Å². The van der Waals surface area contributed by atoms with Crippen molar-refractivity contribution in [2.24, 2.45) is 5.92 Å². The normalized spacial score (nSPS) is 12.9. The summed E-state index contributed by atoms with van der Waals surface area (Å²) < 4.78 is 30.9. The SMILES string of the molecule is C=C/C(=C\C(C)CCS(=O)(=O)c1cccc(CC(=O)O)c1)c1ccc(OCC)cc1Cl. The molecule has 0 aliphatic rings. The van der Waals surface area contributed by atoms with Crippen molar-refractivity contribution in [3.05, 3.63) is 77.3 Å². The summed E-state index contributed by atoms with van der Waals surface area (Å²) in [6.07, 6.45) is 3.83. The summed E-state index contributed by atoms with van der Waals surface area (Å²) in [6.45, 7) is 8.23. The molecule has 0 aromatic heterocycles. The lowest BCUT2D eigenvalue weighted by molar-refractivity contribution is -0.136. The lowest BCUT2D eigenvalue weighted by Gasteiger charge is -2.12. The van der Waals surface area contributed by atoms with Crippen LogP contribution in [0.5, 0.6) is 5.75 Å². The summed E-state index contributed by atoms with van der Waals surface area (Å²) in [6, 6.07) is 11.5. The molecule has 0 saturated heterocycles. The number of ether oxygens (including phenoxy) is 1. The fourth-order valence-electron chi connectivity index (χ4n) is 3.13. The van der Waals surface area contributed by atoms with E-state index in [9.17, 15) is 13.2 Å². The lowest BCUT2D eigenvalue weighted by Crippen LogP contribution is -2.10. The Kier molecular flexibility index (Phi) is 8.89. The molecule has 0 saturated carbocycles. The Hall–Kier alpha value is -2.57. The standard InChI is InChI=1S/C24H27ClO5S/c1-4-19(22-10-9-20(30-5-2)16-23(22)25)13-17(3)11-12-31(28,29)21-8-6-7-18(14-21)15-24(26)27/h4,6-10,13-14,16-17H,1,5,11-12,15H2,2-3H3,(H,26,27)/b19-13+.